The molecule has 0 spiro atoms. The van der Waals surface area contributed by atoms with Gasteiger partial charge in [0.15, 0.2) is 6.10 Å². The predicted octanol–water partition coefficient (Wildman–Crippen LogP) is 3.92. The molecule has 1 amide bonds. The highest BCUT2D eigenvalue weighted by Gasteiger charge is 2.19. The molecular formula is C24H26N2O7S. The van der Waals surface area contributed by atoms with Crippen molar-refractivity contribution in [2.75, 3.05) is 31.4 Å². The molecule has 9 nitrogen and oxygen atoms in total. The van der Waals surface area contributed by atoms with E-state index >= 15 is 0 Å². The van der Waals surface area contributed by atoms with Crippen LogP contribution in [0.3, 0.4) is 0 Å². The van der Waals surface area contributed by atoms with Crippen molar-refractivity contribution in [2.24, 2.45) is 0 Å². The zero-order chi connectivity index (χ0) is 24.7. The summed E-state index contributed by atoms with van der Waals surface area (Å²) >= 11 is 0. The molecule has 10 heteroatoms. The van der Waals surface area contributed by atoms with Crippen LogP contribution in [0.1, 0.15) is 6.92 Å². The maximum absolute atomic E-state index is 12.8. The van der Waals surface area contributed by atoms with Crippen LogP contribution < -0.4 is 29.0 Å². The van der Waals surface area contributed by atoms with Crippen molar-refractivity contribution in [3.8, 4) is 23.0 Å². The normalized spacial score (nSPS) is 11.8. The standard InChI is InChI=1S/C24H26N2O7S/c1-16(33-19-9-7-18(30-2)8-10-19)24(27)25-17-5-12-21(13-6-17)34(28,29)26-22-15-20(31-3)11-14-23(22)32-4/h5-16,26H,1-4H3,(H,25,27). The van der Waals surface area contributed by atoms with Gasteiger partial charge in [0.2, 0.25) is 0 Å². The fourth-order valence-electron chi connectivity index (χ4n) is 2.97. The summed E-state index contributed by atoms with van der Waals surface area (Å²) < 4.78 is 49.3. The van der Waals surface area contributed by atoms with Crippen LogP contribution in [0.4, 0.5) is 11.4 Å². The van der Waals surface area contributed by atoms with Gasteiger partial charge in [0, 0.05) is 11.8 Å². The maximum Gasteiger partial charge on any atom is 0.265 e. The minimum atomic E-state index is -3.91. The fraction of sp³-hybridized carbons (Fsp3) is 0.208. The van der Waals surface area contributed by atoms with E-state index in [-0.39, 0.29) is 16.5 Å². The van der Waals surface area contributed by atoms with Crippen molar-refractivity contribution in [2.45, 2.75) is 17.9 Å². The van der Waals surface area contributed by atoms with E-state index in [2.05, 4.69) is 10.0 Å². The summed E-state index contributed by atoms with van der Waals surface area (Å²) in [6, 6.07) is 17.4. The van der Waals surface area contributed by atoms with Crippen LogP contribution in [-0.2, 0) is 14.8 Å². The molecule has 0 saturated heterocycles. The second-order valence-corrected chi connectivity index (χ2v) is 8.80. The van der Waals surface area contributed by atoms with Crippen LogP contribution in [0.15, 0.2) is 71.6 Å². The molecule has 180 valence electrons. The Kier molecular flexibility index (Phi) is 7.85. The summed E-state index contributed by atoms with van der Waals surface area (Å²) in [4.78, 5) is 12.5. The van der Waals surface area contributed by atoms with Gasteiger partial charge >= 0.3 is 0 Å². The van der Waals surface area contributed by atoms with Gasteiger partial charge in [-0.2, -0.15) is 0 Å². The molecule has 3 aromatic rings. The predicted molar refractivity (Wildman–Crippen MR) is 129 cm³/mol. The van der Waals surface area contributed by atoms with Gasteiger partial charge < -0.3 is 24.3 Å². The lowest BCUT2D eigenvalue weighted by Crippen LogP contribution is -2.30. The first-order chi connectivity index (χ1) is 16.2. The number of nitrogens with one attached hydrogen (secondary N) is 2. The number of benzene rings is 3. The third kappa shape index (κ3) is 6.10. The van der Waals surface area contributed by atoms with Gasteiger partial charge in [0.25, 0.3) is 15.9 Å². The van der Waals surface area contributed by atoms with E-state index in [0.717, 1.165) is 0 Å². The minimum Gasteiger partial charge on any atom is -0.497 e. The summed E-state index contributed by atoms with van der Waals surface area (Å²) in [5, 5.41) is 2.71. The van der Waals surface area contributed by atoms with Crippen molar-refractivity contribution < 1.29 is 32.2 Å². The van der Waals surface area contributed by atoms with Gasteiger partial charge in [-0.15, -0.1) is 0 Å². The SMILES string of the molecule is COc1ccc(OC(C)C(=O)Nc2ccc(S(=O)(=O)Nc3cc(OC)ccc3OC)cc2)cc1. The molecule has 34 heavy (non-hydrogen) atoms. The minimum absolute atomic E-state index is 0.0119. The van der Waals surface area contributed by atoms with Gasteiger partial charge in [0.05, 0.1) is 31.9 Å². The third-order valence-corrected chi connectivity index (χ3v) is 6.21. The number of amides is 1. The molecule has 0 aromatic heterocycles. The average molecular weight is 487 g/mol. The van der Waals surface area contributed by atoms with Crippen LogP contribution in [0.2, 0.25) is 0 Å². The molecule has 0 heterocycles. The van der Waals surface area contributed by atoms with Crippen molar-refractivity contribution in [1.29, 1.82) is 0 Å². The largest absolute Gasteiger partial charge is 0.497 e. The molecule has 0 radical (unpaired) electrons. The Balaban J connectivity index is 1.66. The van der Waals surface area contributed by atoms with Crippen LogP contribution in [-0.4, -0.2) is 41.8 Å². The molecule has 3 aromatic carbocycles. The lowest BCUT2D eigenvalue weighted by molar-refractivity contribution is -0.122. The lowest BCUT2D eigenvalue weighted by Gasteiger charge is -2.15. The summed E-state index contributed by atoms with van der Waals surface area (Å²) in [6.07, 6.45) is -0.779. The Bertz CT molecular complexity index is 1230. The van der Waals surface area contributed by atoms with Crippen LogP contribution in [0.5, 0.6) is 23.0 Å². The van der Waals surface area contributed by atoms with E-state index in [1.54, 1.807) is 50.4 Å². The first-order valence-corrected chi connectivity index (χ1v) is 11.7. The van der Waals surface area contributed by atoms with E-state index in [1.807, 2.05) is 0 Å². The first-order valence-electron chi connectivity index (χ1n) is 10.2. The Labute approximate surface area is 198 Å². The van der Waals surface area contributed by atoms with Crippen LogP contribution in [0, 0.1) is 0 Å². The molecule has 1 unspecified atom stereocenters. The van der Waals surface area contributed by atoms with Gasteiger partial charge in [0.1, 0.15) is 23.0 Å². The number of hydrogen-bond donors (Lipinski definition) is 2. The second kappa shape index (κ2) is 10.8. The Morgan fingerprint density at radius 1 is 0.794 bits per heavy atom. The topological polar surface area (TPSA) is 112 Å². The molecule has 0 bridgehead atoms. The molecule has 2 N–H and O–H groups in total. The maximum atomic E-state index is 12.8. The third-order valence-electron chi connectivity index (χ3n) is 4.82. The van der Waals surface area contributed by atoms with E-state index in [4.69, 9.17) is 18.9 Å². The monoisotopic (exact) mass is 486 g/mol. The zero-order valence-electron chi connectivity index (χ0n) is 19.2. The second-order valence-electron chi connectivity index (χ2n) is 7.12. The lowest BCUT2D eigenvalue weighted by atomic mass is 10.3. The van der Waals surface area contributed by atoms with Gasteiger partial charge in [-0.05, 0) is 67.6 Å². The fourth-order valence-corrected chi connectivity index (χ4v) is 4.03. The van der Waals surface area contributed by atoms with Crippen molar-refractivity contribution in [3.63, 3.8) is 0 Å². The highest BCUT2D eigenvalue weighted by atomic mass is 32.2. The van der Waals surface area contributed by atoms with Gasteiger partial charge in [-0.3, -0.25) is 9.52 Å². The number of rotatable bonds is 10. The van der Waals surface area contributed by atoms with Crippen molar-refractivity contribution in [1.82, 2.24) is 0 Å². The molecule has 0 aliphatic carbocycles. The van der Waals surface area contributed by atoms with E-state index < -0.39 is 16.1 Å². The number of hydrogen-bond acceptors (Lipinski definition) is 7. The van der Waals surface area contributed by atoms with Gasteiger partial charge in [-0.25, -0.2) is 8.42 Å². The first kappa shape index (κ1) is 24.7. The number of sulfonamides is 1. The molecule has 0 aliphatic rings. The number of carbonyl (C=O) groups is 1. The Morgan fingerprint density at radius 3 is 1.97 bits per heavy atom. The smallest absolute Gasteiger partial charge is 0.265 e. The summed E-state index contributed by atoms with van der Waals surface area (Å²) in [7, 11) is 0.575. The number of carbonyl (C=O) groups excluding carboxylic acids is 1. The molecule has 0 saturated carbocycles. The number of methoxy groups -OCH3 is 3. The Morgan fingerprint density at radius 2 is 1.38 bits per heavy atom. The number of ether oxygens (including phenoxy) is 4. The van der Waals surface area contributed by atoms with Crippen LogP contribution in [0.25, 0.3) is 0 Å². The highest BCUT2D eigenvalue weighted by molar-refractivity contribution is 7.92. The summed E-state index contributed by atoms with van der Waals surface area (Å²) in [6.45, 7) is 1.61. The quantitative estimate of drug-likeness (QED) is 0.447. The van der Waals surface area contributed by atoms with E-state index in [1.165, 1.54) is 44.6 Å². The molecule has 3 rings (SSSR count). The Hall–Kier alpha value is -3.92. The van der Waals surface area contributed by atoms with E-state index in [0.29, 0.717) is 28.7 Å². The molecular weight excluding hydrogens is 460 g/mol. The molecule has 0 fully saturated rings. The molecule has 0 aliphatic heterocycles. The summed E-state index contributed by atoms with van der Waals surface area (Å²) in [5.74, 6) is 1.63. The van der Waals surface area contributed by atoms with Crippen LogP contribution >= 0.6 is 0 Å². The number of anilines is 2. The average Bonchev–Trinajstić information content (AvgIpc) is 2.84. The van der Waals surface area contributed by atoms with E-state index in [9.17, 15) is 13.2 Å². The summed E-state index contributed by atoms with van der Waals surface area (Å²) in [5.41, 5.74) is 0.664. The molecule has 1 atom stereocenters. The van der Waals surface area contributed by atoms with Gasteiger partial charge in [-0.1, -0.05) is 0 Å². The van der Waals surface area contributed by atoms with Crippen molar-refractivity contribution >= 4 is 27.3 Å². The highest BCUT2D eigenvalue weighted by Crippen LogP contribution is 2.31. The zero-order valence-corrected chi connectivity index (χ0v) is 20.0. The van der Waals surface area contributed by atoms with Crippen molar-refractivity contribution in [3.05, 3.63) is 66.7 Å².